The molecular weight excluding hydrogens is 781 g/mol. The molecule has 1 heterocycles. The molecule has 0 nitrogen and oxygen atoms in total. The molecule has 51 heavy (non-hydrogen) atoms. The second-order valence-electron chi connectivity index (χ2n) is 13.4. The van der Waals surface area contributed by atoms with Gasteiger partial charge in [-0.1, -0.05) is 0 Å². The summed E-state index contributed by atoms with van der Waals surface area (Å²) in [4.78, 5) is 0. The number of benzene rings is 4. The number of fused-ring (bicyclic) bond motifs is 8. The first-order valence-corrected chi connectivity index (χ1v) is 20.2. The monoisotopic (exact) mass is 816 g/mol. The van der Waals surface area contributed by atoms with E-state index in [0.717, 1.165) is 73.6 Å². The van der Waals surface area contributed by atoms with Gasteiger partial charge in [0.15, 0.2) is 0 Å². The average molecular weight is 819 g/mol. The summed E-state index contributed by atoms with van der Waals surface area (Å²) in [5.74, 6) is 0. The van der Waals surface area contributed by atoms with Crippen LogP contribution in [0.5, 0.6) is 0 Å². The minimum Gasteiger partial charge on any atom is -1.00 e. The molecule has 0 spiro atoms. The Labute approximate surface area is 320 Å². The summed E-state index contributed by atoms with van der Waals surface area (Å²) in [6.07, 6.45) is -0.679. The number of unbranched alkanes of at least 4 members (excludes halogenated alkanes) is 2. The molecule has 4 aromatic rings. The normalized spacial score (nSPS) is 17.6. The van der Waals surface area contributed by atoms with Crippen molar-refractivity contribution in [3.63, 3.8) is 0 Å². The largest absolute Gasteiger partial charge is 1.00 e. The van der Waals surface area contributed by atoms with Crippen molar-refractivity contribution in [3.8, 4) is 22.3 Å². The molecule has 266 valence electrons. The van der Waals surface area contributed by atoms with E-state index in [1.165, 1.54) is 57.7 Å². The Bertz CT molecular complexity index is 1800. The maximum absolute atomic E-state index is 13.5. The molecule has 9 heteroatoms. The maximum atomic E-state index is 13.5. The zero-order valence-electron chi connectivity index (χ0n) is 28.4. The zero-order chi connectivity index (χ0) is 34.5. The van der Waals surface area contributed by atoms with Crippen LogP contribution in [-0.4, -0.2) is 0 Å². The molecule has 3 aliphatic rings. The Balaban J connectivity index is 0.00000252. The molecule has 7 rings (SSSR count). The summed E-state index contributed by atoms with van der Waals surface area (Å²) in [7, 11) is 0. The molecule has 2 aliphatic carbocycles. The van der Waals surface area contributed by atoms with Gasteiger partial charge in [-0.25, -0.2) is 0 Å². The Morgan fingerprint density at radius 1 is 0.549 bits per heavy atom. The number of hydrogen-bond donors (Lipinski definition) is 0. The van der Waals surface area contributed by atoms with Gasteiger partial charge in [0.2, 0.25) is 0 Å². The molecule has 0 radical (unpaired) electrons. The third kappa shape index (κ3) is 7.47. The molecule has 2 unspecified atom stereocenters. The van der Waals surface area contributed by atoms with E-state index in [1.807, 2.05) is 0 Å². The van der Waals surface area contributed by atoms with Gasteiger partial charge in [0.25, 0.3) is 0 Å². The summed E-state index contributed by atoms with van der Waals surface area (Å²) in [6.45, 7) is 4.44. The van der Waals surface area contributed by atoms with E-state index in [-0.39, 0.29) is 24.8 Å². The molecule has 0 aromatic heterocycles. The Hall–Kier alpha value is -2.60. The van der Waals surface area contributed by atoms with Crippen molar-refractivity contribution in [2.24, 2.45) is 0 Å². The first-order valence-electron chi connectivity index (χ1n) is 17.3. The summed E-state index contributed by atoms with van der Waals surface area (Å²) >= 11 is -1.28. The standard InChI is InChI=1S/C42H38F6.2ClH.Zr/c1-3-5-9-29-25-31-11-7-13-35(27-15-19-33(20-16-27)41(43,44)45)39(31)37(29)23-24-38-30(10-6-4-2)26-32-12-8-14-36(40(32)38)28-17-21-34(22-18-28)42(46,47)48;;;/h7-8,11-22,25-26H,3-6,9-10,23-24H2,1-2H3;2*1H;/q;;;+2/p-2. The van der Waals surface area contributed by atoms with Gasteiger partial charge >= 0.3 is 297 Å². The van der Waals surface area contributed by atoms with Crippen LogP contribution in [0.25, 0.3) is 33.4 Å². The fourth-order valence-corrected chi connectivity index (χ4v) is 13.6. The van der Waals surface area contributed by atoms with Crippen LogP contribution in [-0.2, 0) is 35.6 Å². The molecular formula is C42H38Cl2F6Zr. The molecule has 4 bridgehead atoms. The number of halogens is 8. The third-order valence-electron chi connectivity index (χ3n) is 10.5. The Morgan fingerprint density at radius 3 is 1.25 bits per heavy atom. The number of allylic oxidation sites excluding steroid dienone is 4. The van der Waals surface area contributed by atoms with E-state index >= 15 is 0 Å². The van der Waals surface area contributed by atoms with Crippen molar-refractivity contribution in [1.82, 2.24) is 0 Å². The van der Waals surface area contributed by atoms with E-state index in [0.29, 0.717) is 7.25 Å². The number of alkyl halides is 6. The molecule has 0 amide bonds. The van der Waals surface area contributed by atoms with Gasteiger partial charge in [-0.3, -0.25) is 0 Å². The molecule has 0 fully saturated rings. The molecule has 2 atom stereocenters. The van der Waals surface area contributed by atoms with Crippen molar-refractivity contribution in [1.29, 1.82) is 0 Å². The second kappa shape index (κ2) is 15.8. The van der Waals surface area contributed by atoms with Crippen LogP contribution >= 0.6 is 0 Å². The molecule has 4 aromatic carbocycles. The van der Waals surface area contributed by atoms with E-state index in [9.17, 15) is 26.3 Å². The second-order valence-corrected chi connectivity index (χ2v) is 17.1. The van der Waals surface area contributed by atoms with Gasteiger partial charge in [0.05, 0.1) is 0 Å². The van der Waals surface area contributed by atoms with E-state index in [2.05, 4.69) is 50.2 Å². The fourth-order valence-electron chi connectivity index (χ4n) is 8.19. The minimum absolute atomic E-state index is 0. The Kier molecular flexibility index (Phi) is 12.3. The van der Waals surface area contributed by atoms with Gasteiger partial charge in [0, 0.05) is 0 Å². The van der Waals surface area contributed by atoms with Crippen LogP contribution in [0, 0.1) is 0 Å². The van der Waals surface area contributed by atoms with Crippen molar-refractivity contribution in [2.75, 3.05) is 0 Å². The van der Waals surface area contributed by atoms with Gasteiger partial charge in [-0.05, 0) is 0 Å². The van der Waals surface area contributed by atoms with Crippen LogP contribution in [0.1, 0.15) is 106 Å². The topological polar surface area (TPSA) is 0 Å². The van der Waals surface area contributed by atoms with Crippen LogP contribution in [0.15, 0.2) is 96.1 Å². The van der Waals surface area contributed by atoms with Crippen LogP contribution in [0.3, 0.4) is 0 Å². The minimum atomic E-state index is -4.39. The first-order chi connectivity index (χ1) is 23.5. The predicted molar refractivity (Wildman–Crippen MR) is 181 cm³/mol. The number of rotatable bonds is 8. The van der Waals surface area contributed by atoms with Crippen LogP contribution in [0.4, 0.5) is 26.3 Å². The van der Waals surface area contributed by atoms with Gasteiger partial charge in [-0.2, -0.15) is 0 Å². The van der Waals surface area contributed by atoms with E-state index < -0.39 is 46.7 Å². The molecule has 1 aliphatic heterocycles. The summed E-state index contributed by atoms with van der Waals surface area (Å²) < 4.78 is 81.5. The summed E-state index contributed by atoms with van der Waals surface area (Å²) in [5.41, 5.74) is 13.3. The van der Waals surface area contributed by atoms with Crippen LogP contribution in [0.2, 0.25) is 0 Å². The smallest absolute Gasteiger partial charge is 1.00 e. The molecule has 0 saturated carbocycles. The SMILES string of the molecule is CCCCC1=C2CCC3=C(CCCC)[CH]([Zr+2][CH]1c1cccc(-c4ccc(C(F)(F)F)cc4)c12)c1cccc(-c2ccc(C(F)(F)F)cc2)c13.[Cl-].[Cl-]. The quantitative estimate of drug-likeness (QED) is 0.161. The Morgan fingerprint density at radius 2 is 0.922 bits per heavy atom. The van der Waals surface area contributed by atoms with Crippen molar-refractivity contribution in [2.45, 2.75) is 84.8 Å². The maximum Gasteiger partial charge on any atom is -1.00 e. The van der Waals surface area contributed by atoms with Gasteiger partial charge in [-0.15, -0.1) is 0 Å². The zero-order valence-corrected chi connectivity index (χ0v) is 32.4. The van der Waals surface area contributed by atoms with Crippen molar-refractivity contribution in [3.05, 3.63) is 129 Å². The first kappa shape index (κ1) is 39.6. The summed E-state index contributed by atoms with van der Waals surface area (Å²) in [5, 5.41) is 0. The van der Waals surface area contributed by atoms with E-state index in [4.69, 9.17) is 0 Å². The van der Waals surface area contributed by atoms with Crippen LogP contribution < -0.4 is 24.8 Å². The van der Waals surface area contributed by atoms with Gasteiger partial charge < -0.3 is 24.8 Å². The fraction of sp³-hybridized carbons (Fsp3) is 0.333. The van der Waals surface area contributed by atoms with Crippen molar-refractivity contribution < 1.29 is 74.4 Å². The third-order valence-corrected chi connectivity index (χ3v) is 15.4. The molecule has 0 saturated heterocycles. The van der Waals surface area contributed by atoms with E-state index in [1.54, 1.807) is 35.4 Å². The summed E-state index contributed by atoms with van der Waals surface area (Å²) in [6, 6.07) is 24.0. The average Bonchev–Trinajstić information content (AvgIpc) is 3.56. The van der Waals surface area contributed by atoms with Gasteiger partial charge in [0.1, 0.15) is 0 Å². The van der Waals surface area contributed by atoms with Crippen molar-refractivity contribution >= 4 is 11.1 Å². The molecule has 0 N–H and O–H groups in total. The predicted octanol–water partition coefficient (Wildman–Crippen LogP) is 7.64. The number of hydrogen-bond acceptors (Lipinski definition) is 0.